The van der Waals surface area contributed by atoms with Gasteiger partial charge < -0.3 is 15.1 Å². The normalized spacial score (nSPS) is 14.5. The van der Waals surface area contributed by atoms with E-state index in [0.29, 0.717) is 5.11 Å². The maximum Gasteiger partial charge on any atom is 0.242 e. The van der Waals surface area contributed by atoms with E-state index in [1.54, 1.807) is 0 Å². The summed E-state index contributed by atoms with van der Waals surface area (Å²) in [4.78, 5) is 19.0. The van der Waals surface area contributed by atoms with Gasteiger partial charge >= 0.3 is 0 Å². The Morgan fingerprint density at radius 2 is 1.73 bits per heavy atom. The first-order valence-corrected chi connectivity index (χ1v) is 10.9. The van der Waals surface area contributed by atoms with E-state index in [0.717, 1.165) is 44.0 Å². The average Bonchev–Trinajstić information content (AvgIpc) is 2.71. The van der Waals surface area contributed by atoms with Crippen LogP contribution in [0.25, 0.3) is 0 Å². The van der Waals surface area contributed by atoms with Crippen molar-refractivity contribution in [1.82, 2.24) is 14.7 Å². The zero-order chi connectivity index (χ0) is 21.7. The minimum atomic E-state index is 0.123. The third-order valence-electron chi connectivity index (χ3n) is 5.57. The van der Waals surface area contributed by atoms with Crippen LogP contribution < -0.4 is 5.32 Å². The Labute approximate surface area is 185 Å². The summed E-state index contributed by atoms with van der Waals surface area (Å²) in [5.41, 5.74) is 5.91. The van der Waals surface area contributed by atoms with Crippen LogP contribution in [0.15, 0.2) is 42.5 Å². The Morgan fingerprint density at radius 1 is 1.03 bits per heavy atom. The van der Waals surface area contributed by atoms with Gasteiger partial charge in [-0.25, -0.2) is 0 Å². The van der Waals surface area contributed by atoms with Crippen molar-refractivity contribution in [2.45, 2.75) is 27.3 Å². The van der Waals surface area contributed by atoms with Crippen LogP contribution in [0.4, 0.5) is 5.69 Å². The van der Waals surface area contributed by atoms with Crippen molar-refractivity contribution in [2.75, 3.05) is 45.1 Å². The number of hydrogen-bond donors (Lipinski definition) is 1. The molecule has 0 aromatic heterocycles. The number of nitrogens with zero attached hydrogens (tertiary/aromatic N) is 3. The van der Waals surface area contributed by atoms with Crippen LogP contribution >= 0.6 is 12.2 Å². The van der Waals surface area contributed by atoms with Crippen LogP contribution in [-0.4, -0.2) is 65.5 Å². The third kappa shape index (κ3) is 6.03. The number of benzene rings is 2. The molecule has 6 heteroatoms. The fourth-order valence-corrected chi connectivity index (χ4v) is 3.85. The van der Waals surface area contributed by atoms with Crippen molar-refractivity contribution in [3.05, 3.63) is 64.7 Å². The molecule has 1 saturated heterocycles. The summed E-state index contributed by atoms with van der Waals surface area (Å²) in [6.07, 6.45) is 0. The Morgan fingerprint density at radius 3 is 2.43 bits per heavy atom. The zero-order valence-corrected chi connectivity index (χ0v) is 19.3. The number of thiocarbonyl (C=S) groups is 1. The van der Waals surface area contributed by atoms with E-state index in [1.807, 2.05) is 23.8 Å². The lowest BCUT2D eigenvalue weighted by Gasteiger charge is -2.35. The van der Waals surface area contributed by atoms with E-state index in [4.69, 9.17) is 12.2 Å². The van der Waals surface area contributed by atoms with E-state index in [-0.39, 0.29) is 12.5 Å². The number of piperazine rings is 1. The summed E-state index contributed by atoms with van der Waals surface area (Å²) in [6, 6.07) is 14.9. The molecule has 1 N–H and O–H groups in total. The van der Waals surface area contributed by atoms with Gasteiger partial charge in [0, 0.05) is 45.5 Å². The number of rotatable bonds is 5. The molecule has 3 rings (SSSR count). The number of nitrogens with one attached hydrogen (secondary N) is 1. The van der Waals surface area contributed by atoms with Crippen LogP contribution in [0.5, 0.6) is 0 Å². The lowest BCUT2D eigenvalue weighted by Crippen LogP contribution is -2.51. The number of carbonyl (C=O) groups excluding carboxylic acids is 1. The summed E-state index contributed by atoms with van der Waals surface area (Å²) in [7, 11) is 1.87. The molecule has 1 aliphatic rings. The number of amides is 1. The molecular weight excluding hydrogens is 392 g/mol. The number of hydrogen-bond acceptors (Lipinski definition) is 3. The summed E-state index contributed by atoms with van der Waals surface area (Å²) in [5, 5.41) is 3.84. The van der Waals surface area contributed by atoms with E-state index in [1.165, 1.54) is 16.7 Å². The smallest absolute Gasteiger partial charge is 0.242 e. The highest BCUT2D eigenvalue weighted by atomic mass is 32.1. The molecule has 0 unspecified atom stereocenters. The second-order valence-electron chi connectivity index (χ2n) is 8.25. The van der Waals surface area contributed by atoms with Crippen LogP contribution in [-0.2, 0) is 11.3 Å². The van der Waals surface area contributed by atoms with Crippen LogP contribution in [0.3, 0.4) is 0 Å². The maximum atomic E-state index is 12.8. The maximum absolute atomic E-state index is 12.8. The predicted octanol–water partition coefficient (Wildman–Crippen LogP) is 3.58. The van der Waals surface area contributed by atoms with Crippen LogP contribution in [0.1, 0.15) is 22.3 Å². The lowest BCUT2D eigenvalue weighted by molar-refractivity contribution is -0.133. The molecule has 0 spiro atoms. The van der Waals surface area contributed by atoms with Crippen LogP contribution in [0.2, 0.25) is 0 Å². The van der Waals surface area contributed by atoms with Gasteiger partial charge in [-0.1, -0.05) is 42.0 Å². The van der Waals surface area contributed by atoms with E-state index >= 15 is 0 Å². The van der Waals surface area contributed by atoms with Gasteiger partial charge in [-0.05, 0) is 55.7 Å². The largest absolute Gasteiger partial charge is 0.343 e. The van der Waals surface area contributed by atoms with Gasteiger partial charge in [-0.3, -0.25) is 9.69 Å². The minimum absolute atomic E-state index is 0.123. The molecule has 1 aliphatic heterocycles. The Bertz CT molecular complexity index is 906. The quantitative estimate of drug-likeness (QED) is 0.743. The predicted molar refractivity (Wildman–Crippen MR) is 128 cm³/mol. The molecule has 30 heavy (non-hydrogen) atoms. The van der Waals surface area contributed by atoms with E-state index in [2.05, 4.69) is 66.5 Å². The second-order valence-corrected chi connectivity index (χ2v) is 8.64. The standard InChI is InChI=1S/C24H32N4OS/c1-18-6-5-7-21(14-18)16-27-10-12-28(13-11-27)23(29)17-26(4)24(30)25-22-15-19(2)8-9-20(22)3/h5-9,14-15H,10-13,16-17H2,1-4H3,(H,25,30). The van der Waals surface area contributed by atoms with Gasteiger partial charge in [-0.15, -0.1) is 0 Å². The molecule has 1 heterocycles. The fourth-order valence-electron chi connectivity index (χ4n) is 3.68. The molecule has 2 aromatic rings. The van der Waals surface area contributed by atoms with Crippen molar-refractivity contribution in [3.8, 4) is 0 Å². The van der Waals surface area contributed by atoms with E-state index < -0.39 is 0 Å². The number of likely N-dealkylation sites (N-methyl/N-ethyl adjacent to an activating group) is 1. The number of anilines is 1. The minimum Gasteiger partial charge on any atom is -0.343 e. The zero-order valence-electron chi connectivity index (χ0n) is 18.4. The number of aryl methyl sites for hydroxylation is 3. The number of carbonyl (C=O) groups is 1. The lowest BCUT2D eigenvalue weighted by atomic mass is 10.1. The van der Waals surface area contributed by atoms with Gasteiger partial charge in [0.2, 0.25) is 5.91 Å². The van der Waals surface area contributed by atoms with Crippen LogP contribution in [0, 0.1) is 20.8 Å². The summed E-state index contributed by atoms with van der Waals surface area (Å²) in [5.74, 6) is 0.123. The molecule has 160 valence electrons. The van der Waals surface area contributed by atoms with Gasteiger partial charge in [0.25, 0.3) is 0 Å². The average molecular weight is 425 g/mol. The molecule has 0 radical (unpaired) electrons. The van der Waals surface area contributed by atoms with Gasteiger partial charge in [0.05, 0.1) is 6.54 Å². The van der Waals surface area contributed by atoms with Gasteiger partial charge in [0.15, 0.2) is 5.11 Å². The molecule has 2 aromatic carbocycles. The first-order valence-electron chi connectivity index (χ1n) is 10.5. The molecular formula is C24H32N4OS. The van der Waals surface area contributed by atoms with Crippen molar-refractivity contribution in [2.24, 2.45) is 0 Å². The summed E-state index contributed by atoms with van der Waals surface area (Å²) >= 11 is 5.52. The monoisotopic (exact) mass is 424 g/mol. The molecule has 1 amide bonds. The molecule has 5 nitrogen and oxygen atoms in total. The van der Waals surface area contributed by atoms with Gasteiger partial charge in [-0.2, -0.15) is 0 Å². The molecule has 1 fully saturated rings. The molecule has 0 bridgehead atoms. The van der Waals surface area contributed by atoms with Crippen molar-refractivity contribution >= 4 is 28.9 Å². The molecule has 0 saturated carbocycles. The van der Waals surface area contributed by atoms with Gasteiger partial charge in [0.1, 0.15) is 0 Å². The third-order valence-corrected chi connectivity index (χ3v) is 5.98. The summed E-state index contributed by atoms with van der Waals surface area (Å²) in [6.45, 7) is 10.8. The summed E-state index contributed by atoms with van der Waals surface area (Å²) < 4.78 is 0. The fraction of sp³-hybridized carbons (Fsp3) is 0.417. The highest BCUT2D eigenvalue weighted by Gasteiger charge is 2.22. The highest BCUT2D eigenvalue weighted by Crippen LogP contribution is 2.17. The van der Waals surface area contributed by atoms with E-state index in [9.17, 15) is 4.79 Å². The molecule has 0 aliphatic carbocycles. The highest BCUT2D eigenvalue weighted by molar-refractivity contribution is 7.80. The van der Waals surface area contributed by atoms with Crippen molar-refractivity contribution in [1.29, 1.82) is 0 Å². The van der Waals surface area contributed by atoms with Crippen molar-refractivity contribution in [3.63, 3.8) is 0 Å². The Kier molecular flexibility index (Phi) is 7.45. The Balaban J connectivity index is 1.46. The first-order chi connectivity index (χ1) is 14.3. The Hall–Kier alpha value is -2.44. The first kappa shape index (κ1) is 22.2. The van der Waals surface area contributed by atoms with Crippen molar-refractivity contribution < 1.29 is 4.79 Å². The SMILES string of the molecule is Cc1cccc(CN2CCN(C(=O)CN(C)C(=S)Nc3cc(C)ccc3C)CC2)c1. The topological polar surface area (TPSA) is 38.8 Å². The molecule has 0 atom stereocenters. The second kappa shape index (κ2) is 10.0.